The minimum absolute atomic E-state index is 0.914. The number of hydrogen-bond donors (Lipinski definition) is 0. The maximum atomic E-state index is 4.20. The summed E-state index contributed by atoms with van der Waals surface area (Å²) < 4.78 is 0. The molecule has 0 saturated carbocycles. The van der Waals surface area contributed by atoms with Crippen molar-refractivity contribution in [1.82, 2.24) is 0 Å². The lowest BCUT2D eigenvalue weighted by Gasteiger charge is -2.06. The summed E-state index contributed by atoms with van der Waals surface area (Å²) in [6.45, 7) is 14.5. The summed E-state index contributed by atoms with van der Waals surface area (Å²) in [4.78, 5) is 0. The van der Waals surface area contributed by atoms with Crippen LogP contribution in [0.1, 0.15) is 38.3 Å². The minimum atomic E-state index is 0.914. The van der Waals surface area contributed by atoms with Crippen LogP contribution in [0.3, 0.4) is 0 Å². The van der Waals surface area contributed by atoms with Gasteiger partial charge in [-0.1, -0.05) is 60.2 Å². The molecule has 0 heterocycles. The van der Waals surface area contributed by atoms with Gasteiger partial charge in [0.1, 0.15) is 0 Å². The highest BCUT2D eigenvalue weighted by molar-refractivity contribution is 5.83. The molecule has 0 unspecified atom stereocenters. The molecule has 0 heteroatoms. The van der Waals surface area contributed by atoms with Gasteiger partial charge in [0.25, 0.3) is 0 Å². The second-order valence-electron chi connectivity index (χ2n) is 5.86. The Bertz CT molecular complexity index is 663. The normalized spacial score (nSPS) is 15.2. The Morgan fingerprint density at radius 3 is 2.67 bits per heavy atom. The zero-order valence-electron chi connectivity index (χ0n) is 13.4. The molecule has 0 bridgehead atoms. The van der Waals surface area contributed by atoms with Crippen LogP contribution in [0.2, 0.25) is 0 Å². The van der Waals surface area contributed by atoms with Crippen molar-refractivity contribution in [3.05, 3.63) is 89.1 Å². The van der Waals surface area contributed by atoms with Crippen molar-refractivity contribution in [2.75, 3.05) is 0 Å². The summed E-state index contributed by atoms with van der Waals surface area (Å²) in [5.74, 6) is 0. The van der Waals surface area contributed by atoms with Gasteiger partial charge in [0.05, 0.1) is 0 Å². The minimum Gasteiger partial charge on any atom is -0.103 e. The number of fused-ring (bicyclic) bond motifs is 1. The van der Waals surface area contributed by atoms with Crippen molar-refractivity contribution in [3.63, 3.8) is 0 Å². The smallest absolute Gasteiger partial charge is 0.00545 e. The zero-order valence-corrected chi connectivity index (χ0v) is 13.4. The van der Waals surface area contributed by atoms with Crippen molar-refractivity contribution in [1.29, 1.82) is 0 Å². The van der Waals surface area contributed by atoms with E-state index in [1.54, 1.807) is 0 Å². The summed E-state index contributed by atoms with van der Waals surface area (Å²) in [5, 5.41) is 0. The third-order valence-electron chi connectivity index (χ3n) is 3.98. The molecule has 1 aliphatic carbocycles. The van der Waals surface area contributed by atoms with Crippen LogP contribution in [0.5, 0.6) is 0 Å². The summed E-state index contributed by atoms with van der Waals surface area (Å²) in [6, 6.07) is 8.67. The van der Waals surface area contributed by atoms with Crippen molar-refractivity contribution in [2.45, 2.75) is 33.6 Å². The summed E-state index contributed by atoms with van der Waals surface area (Å²) >= 11 is 0. The lowest BCUT2D eigenvalue weighted by molar-refractivity contribution is 1.19. The van der Waals surface area contributed by atoms with Crippen LogP contribution in [0, 0.1) is 0 Å². The molecule has 0 aromatic heterocycles. The molecular formula is C21H24. The van der Waals surface area contributed by atoms with Crippen molar-refractivity contribution in [3.8, 4) is 0 Å². The van der Waals surface area contributed by atoms with Crippen LogP contribution < -0.4 is 0 Å². The van der Waals surface area contributed by atoms with Gasteiger partial charge in [-0.2, -0.15) is 0 Å². The summed E-state index contributed by atoms with van der Waals surface area (Å²) in [6.07, 6.45) is 8.34. The average molecular weight is 276 g/mol. The largest absolute Gasteiger partial charge is 0.103 e. The quantitative estimate of drug-likeness (QED) is 0.454. The molecule has 1 aliphatic rings. The summed E-state index contributed by atoms with van der Waals surface area (Å²) in [7, 11) is 0. The van der Waals surface area contributed by atoms with E-state index in [1.165, 1.54) is 33.4 Å². The molecule has 21 heavy (non-hydrogen) atoms. The van der Waals surface area contributed by atoms with Gasteiger partial charge in [0.2, 0.25) is 0 Å². The SMILES string of the molecule is C=CC/C(C)=C\C(=C)/C(C)=C/C1=C(C)Cc2ccccc21. The molecule has 108 valence electrons. The fourth-order valence-corrected chi connectivity index (χ4v) is 2.76. The molecule has 0 aliphatic heterocycles. The molecule has 0 amide bonds. The van der Waals surface area contributed by atoms with E-state index in [1.807, 2.05) is 6.08 Å². The monoisotopic (exact) mass is 276 g/mol. The van der Waals surface area contributed by atoms with Crippen molar-refractivity contribution in [2.24, 2.45) is 0 Å². The third-order valence-corrected chi connectivity index (χ3v) is 3.98. The van der Waals surface area contributed by atoms with Crippen molar-refractivity contribution < 1.29 is 0 Å². The number of benzene rings is 1. The Morgan fingerprint density at radius 1 is 1.24 bits per heavy atom. The molecule has 0 spiro atoms. The highest BCUT2D eigenvalue weighted by atomic mass is 14.2. The molecule has 0 atom stereocenters. The third kappa shape index (κ3) is 3.52. The van der Waals surface area contributed by atoms with Crippen molar-refractivity contribution >= 4 is 5.57 Å². The second-order valence-corrected chi connectivity index (χ2v) is 5.86. The highest BCUT2D eigenvalue weighted by Gasteiger charge is 2.16. The van der Waals surface area contributed by atoms with E-state index in [0.29, 0.717) is 0 Å². The number of allylic oxidation sites excluding steroid dienone is 8. The first-order chi connectivity index (χ1) is 10.0. The highest BCUT2D eigenvalue weighted by Crippen LogP contribution is 2.34. The standard InChI is InChI=1S/C21H24/c1-6-9-15(2)12-16(3)17(4)14-21-18(5)13-19-10-7-8-11-20(19)21/h6-8,10-12,14H,1,3,9,13H2,2,4-5H3/b15-12-,17-14+. The first kappa shape index (κ1) is 15.3. The van der Waals surface area contributed by atoms with Crippen LogP contribution in [0.15, 0.2) is 77.9 Å². The number of hydrogen-bond acceptors (Lipinski definition) is 0. The van der Waals surface area contributed by atoms with Gasteiger partial charge in [0.15, 0.2) is 0 Å². The van der Waals surface area contributed by atoms with Gasteiger partial charge < -0.3 is 0 Å². The Kier molecular flexibility index (Phi) is 4.80. The maximum Gasteiger partial charge on any atom is -0.00545 e. The number of rotatable bonds is 5. The molecule has 0 N–H and O–H groups in total. The first-order valence-corrected chi connectivity index (χ1v) is 7.46. The first-order valence-electron chi connectivity index (χ1n) is 7.46. The fourth-order valence-electron chi connectivity index (χ4n) is 2.76. The Hall–Kier alpha value is -2.08. The van der Waals surface area contributed by atoms with Crippen LogP contribution in [-0.4, -0.2) is 0 Å². The molecule has 0 nitrogen and oxygen atoms in total. The van der Waals surface area contributed by atoms with Crippen LogP contribution in [-0.2, 0) is 6.42 Å². The van der Waals surface area contributed by atoms with Gasteiger partial charge in [0, 0.05) is 0 Å². The van der Waals surface area contributed by atoms with E-state index in [-0.39, 0.29) is 0 Å². The van der Waals surface area contributed by atoms with Gasteiger partial charge >= 0.3 is 0 Å². The van der Waals surface area contributed by atoms with Crippen LogP contribution >= 0.6 is 0 Å². The van der Waals surface area contributed by atoms with Gasteiger partial charge in [-0.25, -0.2) is 0 Å². The average Bonchev–Trinajstić information content (AvgIpc) is 2.75. The Labute approximate surface area is 128 Å². The van der Waals surface area contributed by atoms with Crippen LogP contribution in [0.4, 0.5) is 0 Å². The topological polar surface area (TPSA) is 0 Å². The lowest BCUT2D eigenvalue weighted by Crippen LogP contribution is -1.86. The van der Waals surface area contributed by atoms with Gasteiger partial charge in [-0.3, -0.25) is 0 Å². The van der Waals surface area contributed by atoms with E-state index >= 15 is 0 Å². The van der Waals surface area contributed by atoms with E-state index in [2.05, 4.69) is 70.3 Å². The molecule has 0 fully saturated rings. The molecular weight excluding hydrogens is 252 g/mol. The summed E-state index contributed by atoms with van der Waals surface area (Å²) in [5.41, 5.74) is 9.20. The van der Waals surface area contributed by atoms with E-state index in [0.717, 1.165) is 18.4 Å². The fraction of sp³-hybridized carbons (Fsp3) is 0.238. The van der Waals surface area contributed by atoms with Gasteiger partial charge in [-0.15, -0.1) is 6.58 Å². The predicted octanol–water partition coefficient (Wildman–Crippen LogP) is 6.04. The molecule has 0 radical (unpaired) electrons. The molecule has 0 saturated heterocycles. The maximum absolute atomic E-state index is 4.20. The second kappa shape index (κ2) is 6.58. The molecule has 1 aromatic carbocycles. The van der Waals surface area contributed by atoms with E-state index in [4.69, 9.17) is 0 Å². The van der Waals surface area contributed by atoms with E-state index in [9.17, 15) is 0 Å². The zero-order chi connectivity index (χ0) is 15.4. The van der Waals surface area contributed by atoms with Gasteiger partial charge in [-0.05, 0) is 61.5 Å². The predicted molar refractivity (Wildman–Crippen MR) is 94.2 cm³/mol. The van der Waals surface area contributed by atoms with Crippen LogP contribution in [0.25, 0.3) is 5.57 Å². The molecule has 1 aromatic rings. The lowest BCUT2D eigenvalue weighted by atomic mass is 9.99. The molecule has 2 rings (SSSR count). The Balaban J connectivity index is 2.27. The Morgan fingerprint density at radius 2 is 1.95 bits per heavy atom. The van der Waals surface area contributed by atoms with E-state index < -0.39 is 0 Å².